The van der Waals surface area contributed by atoms with Crippen LogP contribution in [0.15, 0.2) is 42.5 Å². The van der Waals surface area contributed by atoms with Gasteiger partial charge in [0.15, 0.2) is 0 Å². The monoisotopic (exact) mass is 487 g/mol. The molecule has 2 rings (SSSR count). The third-order valence-electron chi connectivity index (χ3n) is 5.75. The molecule has 0 aliphatic rings. The largest absolute Gasteiger partial charge is 0.352 e. The van der Waals surface area contributed by atoms with Crippen LogP contribution in [0, 0.1) is 20.8 Å². The number of nitrogens with one attached hydrogen (secondary N) is 1. The van der Waals surface area contributed by atoms with Crippen molar-refractivity contribution in [2.45, 2.75) is 66.6 Å². The van der Waals surface area contributed by atoms with E-state index in [2.05, 4.69) is 5.32 Å². The van der Waals surface area contributed by atoms with Crippen LogP contribution in [0.2, 0.25) is 0 Å². The van der Waals surface area contributed by atoms with E-state index in [0.29, 0.717) is 12.1 Å². The fourth-order valence-electron chi connectivity index (χ4n) is 3.68. The Morgan fingerprint density at radius 3 is 2.09 bits per heavy atom. The molecule has 0 heterocycles. The molecule has 0 aromatic heterocycles. The van der Waals surface area contributed by atoms with Crippen LogP contribution in [0.4, 0.5) is 5.69 Å². The molecule has 7 nitrogen and oxygen atoms in total. The maximum atomic E-state index is 13.6. The second-order valence-electron chi connectivity index (χ2n) is 9.13. The van der Waals surface area contributed by atoms with Gasteiger partial charge in [0.05, 0.1) is 11.9 Å². The number of rotatable bonds is 10. The van der Waals surface area contributed by atoms with Gasteiger partial charge in [-0.2, -0.15) is 0 Å². The van der Waals surface area contributed by atoms with Crippen molar-refractivity contribution in [2.75, 3.05) is 17.1 Å². The maximum Gasteiger partial charge on any atom is 0.244 e. The lowest BCUT2D eigenvalue weighted by atomic mass is 10.1. The van der Waals surface area contributed by atoms with Gasteiger partial charge in [0.25, 0.3) is 0 Å². The quantitative estimate of drug-likeness (QED) is 0.554. The molecule has 0 aliphatic heterocycles. The van der Waals surface area contributed by atoms with Crippen molar-refractivity contribution in [3.05, 3.63) is 64.7 Å². The molecule has 0 fully saturated rings. The molecule has 34 heavy (non-hydrogen) atoms. The van der Waals surface area contributed by atoms with E-state index in [-0.39, 0.29) is 18.5 Å². The number of hydrogen-bond acceptors (Lipinski definition) is 4. The van der Waals surface area contributed by atoms with E-state index in [1.807, 2.05) is 71.9 Å². The Kier molecular flexibility index (Phi) is 9.27. The summed E-state index contributed by atoms with van der Waals surface area (Å²) in [5.74, 6) is -0.690. The summed E-state index contributed by atoms with van der Waals surface area (Å²) in [6, 6.07) is 12.2. The molecule has 1 atom stereocenters. The Labute approximate surface area is 204 Å². The highest BCUT2D eigenvalue weighted by atomic mass is 32.2. The van der Waals surface area contributed by atoms with E-state index in [9.17, 15) is 18.0 Å². The molecule has 8 heteroatoms. The van der Waals surface area contributed by atoms with Gasteiger partial charge in [0.2, 0.25) is 21.8 Å². The number of benzene rings is 2. The Balaban J connectivity index is 2.45. The number of aryl methyl sites for hydroxylation is 3. The van der Waals surface area contributed by atoms with E-state index >= 15 is 0 Å². The highest BCUT2D eigenvalue weighted by Gasteiger charge is 2.32. The number of carbonyl (C=O) groups is 2. The molecule has 2 amide bonds. The molecule has 1 N–H and O–H groups in total. The third kappa shape index (κ3) is 7.32. The van der Waals surface area contributed by atoms with E-state index in [4.69, 9.17) is 0 Å². The summed E-state index contributed by atoms with van der Waals surface area (Å²) in [4.78, 5) is 28.1. The molecule has 0 saturated carbocycles. The molecular weight excluding hydrogens is 450 g/mol. The van der Waals surface area contributed by atoms with E-state index in [1.54, 1.807) is 12.1 Å². The molecule has 0 unspecified atom stereocenters. The van der Waals surface area contributed by atoms with Gasteiger partial charge >= 0.3 is 0 Å². The zero-order chi connectivity index (χ0) is 25.6. The van der Waals surface area contributed by atoms with Crippen LogP contribution in [0.3, 0.4) is 0 Å². The molecule has 0 bridgehead atoms. The number of sulfonamides is 1. The van der Waals surface area contributed by atoms with Crippen molar-refractivity contribution < 1.29 is 18.0 Å². The third-order valence-corrected chi connectivity index (χ3v) is 6.89. The van der Waals surface area contributed by atoms with Gasteiger partial charge < -0.3 is 10.2 Å². The van der Waals surface area contributed by atoms with Gasteiger partial charge in [0.1, 0.15) is 12.6 Å². The van der Waals surface area contributed by atoms with Crippen molar-refractivity contribution in [1.82, 2.24) is 10.2 Å². The van der Waals surface area contributed by atoms with Crippen LogP contribution >= 0.6 is 0 Å². The maximum absolute atomic E-state index is 13.6. The highest BCUT2D eigenvalue weighted by molar-refractivity contribution is 7.92. The van der Waals surface area contributed by atoms with Crippen LogP contribution in [0.5, 0.6) is 0 Å². The summed E-state index contributed by atoms with van der Waals surface area (Å²) in [6.07, 6.45) is 1.49. The van der Waals surface area contributed by atoms with Gasteiger partial charge in [-0.3, -0.25) is 13.9 Å². The van der Waals surface area contributed by atoms with Crippen molar-refractivity contribution in [1.29, 1.82) is 0 Å². The van der Waals surface area contributed by atoms with Gasteiger partial charge in [-0.05, 0) is 69.9 Å². The minimum Gasteiger partial charge on any atom is -0.352 e. The van der Waals surface area contributed by atoms with Crippen LogP contribution in [0.25, 0.3) is 0 Å². The first-order valence-electron chi connectivity index (χ1n) is 11.5. The zero-order valence-corrected chi connectivity index (χ0v) is 22.1. The molecule has 2 aromatic rings. The lowest BCUT2D eigenvalue weighted by Crippen LogP contribution is -2.53. The molecule has 0 saturated heterocycles. The fourth-order valence-corrected chi connectivity index (χ4v) is 4.53. The topological polar surface area (TPSA) is 86.8 Å². The second kappa shape index (κ2) is 11.5. The predicted molar refractivity (Wildman–Crippen MR) is 137 cm³/mol. The normalized spacial score (nSPS) is 12.4. The summed E-state index contributed by atoms with van der Waals surface area (Å²) < 4.78 is 26.5. The van der Waals surface area contributed by atoms with Crippen molar-refractivity contribution >= 4 is 27.5 Å². The SMILES string of the molecule is CC[C@H](C(=O)NC(C)C)N(Cc1ccc(C)cc1)C(=O)CN(c1ccc(C)c(C)c1)S(C)(=O)=O. The van der Waals surface area contributed by atoms with Crippen molar-refractivity contribution in [3.63, 3.8) is 0 Å². The van der Waals surface area contributed by atoms with E-state index in [0.717, 1.165) is 32.8 Å². The van der Waals surface area contributed by atoms with Crippen LogP contribution in [0.1, 0.15) is 49.4 Å². The summed E-state index contributed by atoms with van der Waals surface area (Å²) in [6.45, 7) is 11.2. The Morgan fingerprint density at radius 2 is 1.59 bits per heavy atom. The Bertz CT molecular complexity index is 1110. The Morgan fingerprint density at radius 1 is 0.971 bits per heavy atom. The molecule has 186 valence electrons. The minimum absolute atomic E-state index is 0.0825. The summed E-state index contributed by atoms with van der Waals surface area (Å²) in [5.41, 5.74) is 4.34. The molecule has 2 aromatic carbocycles. The standard InChI is InChI=1S/C26H37N3O4S/c1-8-24(26(31)27-18(2)3)28(16-22-12-9-19(4)10-13-22)25(30)17-29(34(7,32)33)23-14-11-20(5)21(6)15-23/h9-15,18,24H,8,16-17H2,1-7H3,(H,27,31)/t24-/m1/s1. The van der Waals surface area contributed by atoms with Crippen molar-refractivity contribution in [2.24, 2.45) is 0 Å². The van der Waals surface area contributed by atoms with Crippen molar-refractivity contribution in [3.8, 4) is 0 Å². The first-order valence-corrected chi connectivity index (χ1v) is 13.4. The van der Waals surface area contributed by atoms with Crippen LogP contribution in [-0.2, 0) is 26.2 Å². The molecule has 0 aliphatic carbocycles. The molecule has 0 radical (unpaired) electrons. The average Bonchev–Trinajstić information content (AvgIpc) is 2.74. The highest BCUT2D eigenvalue weighted by Crippen LogP contribution is 2.22. The first kappa shape index (κ1) is 27.4. The average molecular weight is 488 g/mol. The van der Waals surface area contributed by atoms with E-state index < -0.39 is 28.5 Å². The smallest absolute Gasteiger partial charge is 0.244 e. The predicted octanol–water partition coefficient (Wildman–Crippen LogP) is 3.71. The van der Waals surface area contributed by atoms with E-state index in [1.165, 1.54) is 4.90 Å². The first-order chi connectivity index (χ1) is 15.8. The number of hydrogen-bond donors (Lipinski definition) is 1. The summed E-state index contributed by atoms with van der Waals surface area (Å²) >= 11 is 0. The molecule has 0 spiro atoms. The number of nitrogens with zero attached hydrogens (tertiary/aromatic N) is 2. The summed E-state index contributed by atoms with van der Waals surface area (Å²) in [7, 11) is -3.74. The second-order valence-corrected chi connectivity index (χ2v) is 11.0. The van der Waals surface area contributed by atoms with Gasteiger partial charge in [-0.1, -0.05) is 42.8 Å². The van der Waals surface area contributed by atoms with Gasteiger partial charge in [-0.15, -0.1) is 0 Å². The lowest BCUT2D eigenvalue weighted by molar-refractivity contribution is -0.140. The lowest BCUT2D eigenvalue weighted by Gasteiger charge is -2.33. The Hall–Kier alpha value is -2.87. The number of anilines is 1. The zero-order valence-electron chi connectivity index (χ0n) is 21.3. The molecular formula is C26H37N3O4S. The van der Waals surface area contributed by atoms with Crippen LogP contribution in [-0.4, -0.2) is 50.0 Å². The number of carbonyl (C=O) groups excluding carboxylic acids is 2. The fraction of sp³-hybridized carbons (Fsp3) is 0.462. The summed E-state index contributed by atoms with van der Waals surface area (Å²) in [5, 5.41) is 2.89. The van der Waals surface area contributed by atoms with Gasteiger partial charge in [0, 0.05) is 12.6 Å². The van der Waals surface area contributed by atoms with Crippen LogP contribution < -0.4 is 9.62 Å². The number of amides is 2. The van der Waals surface area contributed by atoms with Gasteiger partial charge in [-0.25, -0.2) is 8.42 Å². The minimum atomic E-state index is -3.74.